The third-order valence-corrected chi connectivity index (χ3v) is 9.28. The predicted octanol–water partition coefficient (Wildman–Crippen LogP) is 3.39. The van der Waals surface area contributed by atoms with E-state index in [2.05, 4.69) is 13.8 Å². The lowest BCUT2D eigenvalue weighted by molar-refractivity contribution is -0.405. The van der Waals surface area contributed by atoms with Crippen LogP contribution in [-0.2, 0) is 38.3 Å². The predicted molar refractivity (Wildman–Crippen MR) is 116 cm³/mol. The van der Waals surface area contributed by atoms with Gasteiger partial charge in [-0.05, 0) is 47.8 Å². The molecule has 0 radical (unpaired) electrons. The summed E-state index contributed by atoms with van der Waals surface area (Å²) in [6.07, 6.45) is 0.732. The van der Waals surface area contributed by atoms with E-state index >= 15 is 0 Å². The molecule has 0 unspecified atom stereocenters. The highest BCUT2D eigenvalue weighted by Gasteiger charge is 2.64. The van der Waals surface area contributed by atoms with E-state index in [4.69, 9.17) is 33.5 Å². The van der Waals surface area contributed by atoms with Crippen molar-refractivity contribution in [3.63, 3.8) is 0 Å². The first-order valence-corrected chi connectivity index (χ1v) is 12.7. The van der Waals surface area contributed by atoms with Crippen molar-refractivity contribution in [2.24, 2.45) is 0 Å². The van der Waals surface area contributed by atoms with Crippen LogP contribution in [0.25, 0.3) is 0 Å². The minimum atomic E-state index is -1.26. The van der Waals surface area contributed by atoms with Crippen molar-refractivity contribution in [1.29, 1.82) is 0 Å². The molecule has 0 N–H and O–H groups in total. The highest BCUT2D eigenvalue weighted by atomic mass is 32.2. The Kier molecular flexibility index (Phi) is 6.27. The van der Waals surface area contributed by atoms with Gasteiger partial charge in [-0.2, -0.15) is 4.89 Å². The maximum Gasteiger partial charge on any atom is 0.368 e. The molecular formula is C21H32O8S2. The molecular weight excluding hydrogens is 444 g/mol. The molecule has 10 heteroatoms. The minimum absolute atomic E-state index is 0.124. The van der Waals surface area contributed by atoms with E-state index in [1.54, 1.807) is 25.6 Å². The average molecular weight is 477 g/mol. The smallest absolute Gasteiger partial charge is 0.345 e. The van der Waals surface area contributed by atoms with Crippen LogP contribution in [0.5, 0.6) is 0 Å². The molecule has 4 heterocycles. The molecule has 4 rings (SSSR count). The fraction of sp³-hybridized carbons (Fsp3) is 0.857. The van der Waals surface area contributed by atoms with Crippen LogP contribution in [0.3, 0.4) is 0 Å². The Labute approximate surface area is 191 Å². The molecule has 5 atom stereocenters. The molecule has 8 nitrogen and oxygen atoms in total. The highest BCUT2D eigenvalue weighted by molar-refractivity contribution is 8.19. The Hall–Kier alpha value is -0.330. The SMILES string of the molecule is CS[C@@]1(C(=O)OO[C@H]2[C@@H]3OC(C)(C)O[C@@H]3CO[C@]23COC(C)(C)O3)CC(C)=C(C)CS1. The van der Waals surface area contributed by atoms with Gasteiger partial charge < -0.3 is 23.7 Å². The first kappa shape index (κ1) is 23.8. The summed E-state index contributed by atoms with van der Waals surface area (Å²) in [7, 11) is 0. The zero-order valence-corrected chi connectivity index (χ0v) is 20.8. The number of fused-ring (bicyclic) bond motifs is 1. The summed E-state index contributed by atoms with van der Waals surface area (Å²) in [5, 5.41) is 0. The van der Waals surface area contributed by atoms with Gasteiger partial charge in [0.2, 0.25) is 5.79 Å². The molecule has 4 aliphatic rings. The Balaban J connectivity index is 1.54. The number of carbonyl (C=O) groups excluding carboxylic acids is 1. The van der Waals surface area contributed by atoms with Gasteiger partial charge in [-0.25, -0.2) is 4.79 Å². The summed E-state index contributed by atoms with van der Waals surface area (Å²) in [5.74, 6) is -2.60. The van der Waals surface area contributed by atoms with Crippen molar-refractivity contribution in [3.8, 4) is 0 Å². The van der Waals surface area contributed by atoms with Crippen molar-refractivity contribution in [3.05, 3.63) is 11.1 Å². The van der Waals surface area contributed by atoms with Crippen molar-refractivity contribution >= 4 is 29.5 Å². The molecule has 0 aliphatic carbocycles. The summed E-state index contributed by atoms with van der Waals surface area (Å²) >= 11 is 3.03. The van der Waals surface area contributed by atoms with Crippen LogP contribution in [0.4, 0.5) is 0 Å². The lowest BCUT2D eigenvalue weighted by atomic mass is 9.97. The number of thioether (sulfide) groups is 2. The number of allylic oxidation sites excluding steroid dienone is 1. The van der Waals surface area contributed by atoms with Gasteiger partial charge in [0.05, 0.1) is 6.61 Å². The Morgan fingerprint density at radius 2 is 1.84 bits per heavy atom. The van der Waals surface area contributed by atoms with Crippen molar-refractivity contribution in [2.75, 3.05) is 25.2 Å². The third kappa shape index (κ3) is 4.42. The van der Waals surface area contributed by atoms with Crippen LogP contribution in [-0.4, -0.2) is 70.9 Å². The molecule has 0 aromatic rings. The molecule has 176 valence electrons. The van der Waals surface area contributed by atoms with Crippen molar-refractivity contribution in [2.45, 2.75) is 87.7 Å². The molecule has 0 saturated carbocycles. The monoisotopic (exact) mass is 476 g/mol. The molecule has 0 aromatic heterocycles. The van der Waals surface area contributed by atoms with Crippen LogP contribution >= 0.6 is 23.5 Å². The summed E-state index contributed by atoms with van der Waals surface area (Å²) in [6.45, 7) is 11.8. The highest BCUT2D eigenvalue weighted by Crippen LogP contribution is 2.48. The molecule has 4 aliphatic heterocycles. The molecule has 0 bridgehead atoms. The van der Waals surface area contributed by atoms with E-state index in [0.717, 1.165) is 5.75 Å². The molecule has 3 saturated heterocycles. The summed E-state index contributed by atoms with van der Waals surface area (Å²) < 4.78 is 29.2. The van der Waals surface area contributed by atoms with Gasteiger partial charge in [0.25, 0.3) is 0 Å². The molecule has 0 aromatic carbocycles. The van der Waals surface area contributed by atoms with Crippen LogP contribution in [0.1, 0.15) is 48.0 Å². The second-order valence-corrected chi connectivity index (χ2v) is 12.1. The summed E-state index contributed by atoms with van der Waals surface area (Å²) in [6, 6.07) is 0. The Morgan fingerprint density at radius 3 is 2.45 bits per heavy atom. The van der Waals surface area contributed by atoms with Gasteiger partial charge >= 0.3 is 5.97 Å². The minimum Gasteiger partial charge on any atom is -0.345 e. The number of hydrogen-bond acceptors (Lipinski definition) is 10. The van der Waals surface area contributed by atoms with Gasteiger partial charge in [-0.1, -0.05) is 11.1 Å². The van der Waals surface area contributed by atoms with Crippen LogP contribution < -0.4 is 0 Å². The summed E-state index contributed by atoms with van der Waals surface area (Å²) in [5.41, 5.74) is 2.49. The topological polar surface area (TPSA) is 81.7 Å². The normalized spacial score (nSPS) is 41.5. The van der Waals surface area contributed by atoms with E-state index in [0.29, 0.717) is 6.42 Å². The Bertz CT molecular complexity index is 766. The van der Waals surface area contributed by atoms with E-state index in [-0.39, 0.29) is 19.3 Å². The second-order valence-electron chi connectivity index (χ2n) is 9.42. The van der Waals surface area contributed by atoms with E-state index in [9.17, 15) is 4.79 Å². The number of ether oxygens (including phenoxy) is 5. The molecule has 0 amide bonds. The van der Waals surface area contributed by atoms with E-state index in [1.165, 1.54) is 22.9 Å². The fourth-order valence-electron chi connectivity index (χ4n) is 4.30. The molecule has 31 heavy (non-hydrogen) atoms. The maximum absolute atomic E-state index is 13.2. The first-order chi connectivity index (χ1) is 14.4. The summed E-state index contributed by atoms with van der Waals surface area (Å²) in [4.78, 5) is 24.5. The quantitative estimate of drug-likeness (QED) is 0.342. The van der Waals surface area contributed by atoms with Gasteiger partial charge in [0, 0.05) is 12.2 Å². The lowest BCUT2D eigenvalue weighted by Crippen LogP contribution is -2.63. The fourth-order valence-corrected chi connectivity index (χ4v) is 6.67. The van der Waals surface area contributed by atoms with Crippen LogP contribution in [0, 0.1) is 0 Å². The van der Waals surface area contributed by atoms with Crippen LogP contribution in [0.2, 0.25) is 0 Å². The lowest BCUT2D eigenvalue weighted by Gasteiger charge is -2.42. The van der Waals surface area contributed by atoms with Crippen LogP contribution in [0.15, 0.2) is 11.1 Å². The largest absolute Gasteiger partial charge is 0.368 e. The standard InChI is InChI=1S/C21H32O8S2/c1-12-8-21(30-7,31-10-13(12)2)17(22)28-27-16-15-14(25-19(5,6)26-15)9-23-20(16)11-24-18(3,4)29-20/h14-16H,8-11H2,1-7H3/t14-,15-,16+,20+,21+/m1/s1. The second kappa shape index (κ2) is 8.16. The molecule has 1 spiro atoms. The zero-order valence-electron chi connectivity index (χ0n) is 19.1. The Morgan fingerprint density at radius 1 is 1.10 bits per heavy atom. The number of hydrogen-bond donors (Lipinski definition) is 0. The third-order valence-electron chi connectivity index (χ3n) is 6.10. The zero-order chi connectivity index (χ0) is 22.7. The van der Waals surface area contributed by atoms with Gasteiger partial charge in [0.1, 0.15) is 18.8 Å². The van der Waals surface area contributed by atoms with E-state index < -0.39 is 39.6 Å². The van der Waals surface area contributed by atoms with Gasteiger partial charge in [0.15, 0.2) is 21.8 Å². The van der Waals surface area contributed by atoms with Gasteiger partial charge in [-0.15, -0.1) is 23.5 Å². The number of carbonyl (C=O) groups is 1. The van der Waals surface area contributed by atoms with Gasteiger partial charge in [-0.3, -0.25) is 4.89 Å². The van der Waals surface area contributed by atoms with Crippen molar-refractivity contribution < 1.29 is 38.3 Å². The molecule has 3 fully saturated rings. The average Bonchev–Trinajstić information content (AvgIpc) is 3.18. The maximum atomic E-state index is 13.2. The first-order valence-electron chi connectivity index (χ1n) is 10.5. The van der Waals surface area contributed by atoms with Crippen molar-refractivity contribution in [1.82, 2.24) is 0 Å². The number of rotatable bonds is 4. The van der Waals surface area contributed by atoms with E-state index in [1.807, 2.05) is 20.1 Å².